The Labute approximate surface area is 111 Å². The van der Waals surface area contributed by atoms with Gasteiger partial charge in [-0.3, -0.25) is 4.68 Å². The summed E-state index contributed by atoms with van der Waals surface area (Å²) in [4.78, 5) is 15.5. The summed E-state index contributed by atoms with van der Waals surface area (Å²) in [6.45, 7) is 0. The first kappa shape index (κ1) is 11.2. The first-order chi connectivity index (χ1) is 8.66. The van der Waals surface area contributed by atoms with E-state index in [9.17, 15) is 4.79 Å². The summed E-state index contributed by atoms with van der Waals surface area (Å²) < 4.78 is 4.16. The van der Waals surface area contributed by atoms with Crippen LogP contribution in [0, 0.1) is 0 Å². The van der Waals surface area contributed by atoms with Crippen LogP contribution in [0.25, 0.3) is 16.7 Å². The molecule has 2 heterocycles. The monoisotopic (exact) mass is 304 g/mol. The third-order valence-corrected chi connectivity index (χ3v) is 3.23. The summed E-state index contributed by atoms with van der Waals surface area (Å²) in [6, 6.07) is 7.53. The van der Waals surface area contributed by atoms with Crippen molar-refractivity contribution in [3.8, 4) is 5.82 Å². The van der Waals surface area contributed by atoms with Crippen molar-refractivity contribution in [1.82, 2.24) is 19.3 Å². The van der Waals surface area contributed by atoms with E-state index in [0.717, 1.165) is 15.4 Å². The van der Waals surface area contributed by atoms with Gasteiger partial charge in [0.05, 0.1) is 5.52 Å². The molecule has 18 heavy (non-hydrogen) atoms. The summed E-state index contributed by atoms with van der Waals surface area (Å²) in [7, 11) is 1.85. The molecular formula is C12H9BrN4O. The number of rotatable bonds is 1. The Morgan fingerprint density at radius 2 is 2.17 bits per heavy atom. The zero-order valence-electron chi connectivity index (χ0n) is 9.54. The van der Waals surface area contributed by atoms with Crippen LogP contribution in [0.5, 0.6) is 0 Å². The van der Waals surface area contributed by atoms with Crippen molar-refractivity contribution in [3.05, 3.63) is 51.6 Å². The first-order valence-electron chi connectivity index (χ1n) is 5.33. The highest BCUT2D eigenvalue weighted by Gasteiger charge is 2.11. The van der Waals surface area contributed by atoms with Gasteiger partial charge in [-0.2, -0.15) is 5.10 Å². The molecule has 2 aromatic heterocycles. The number of hydrogen-bond donors (Lipinski definition) is 0. The van der Waals surface area contributed by atoms with Crippen molar-refractivity contribution in [2.45, 2.75) is 0 Å². The molecule has 0 fully saturated rings. The molecule has 0 spiro atoms. The molecule has 0 bridgehead atoms. The Hall–Kier alpha value is -1.95. The molecule has 0 saturated heterocycles. The Kier molecular flexibility index (Phi) is 2.52. The van der Waals surface area contributed by atoms with E-state index in [4.69, 9.17) is 0 Å². The maximum absolute atomic E-state index is 11.7. The lowest BCUT2D eigenvalue weighted by Gasteiger charge is -1.99. The molecule has 3 aromatic rings. The lowest BCUT2D eigenvalue weighted by molar-refractivity contribution is 0.761. The largest absolute Gasteiger partial charge is 0.353 e. The third kappa shape index (κ3) is 1.65. The molecule has 0 aliphatic carbocycles. The van der Waals surface area contributed by atoms with Crippen molar-refractivity contribution in [3.63, 3.8) is 0 Å². The van der Waals surface area contributed by atoms with E-state index in [1.165, 1.54) is 10.8 Å². The number of benzene rings is 1. The Bertz CT molecular complexity index is 790. The fraction of sp³-hybridized carbons (Fsp3) is 0.0833. The van der Waals surface area contributed by atoms with Crippen LogP contribution >= 0.6 is 15.9 Å². The van der Waals surface area contributed by atoms with Crippen LogP contribution in [0.15, 0.2) is 45.9 Å². The van der Waals surface area contributed by atoms with Crippen molar-refractivity contribution < 1.29 is 0 Å². The van der Waals surface area contributed by atoms with Gasteiger partial charge < -0.3 is 0 Å². The van der Waals surface area contributed by atoms with E-state index in [0.29, 0.717) is 5.82 Å². The van der Waals surface area contributed by atoms with Crippen molar-refractivity contribution in [2.75, 3.05) is 0 Å². The highest BCUT2D eigenvalue weighted by Crippen LogP contribution is 2.23. The minimum absolute atomic E-state index is 0.333. The summed E-state index contributed by atoms with van der Waals surface area (Å²) in [5.41, 5.74) is 0.621. The topological polar surface area (TPSA) is 52.7 Å². The molecule has 6 heteroatoms. The average molecular weight is 305 g/mol. The van der Waals surface area contributed by atoms with Gasteiger partial charge in [-0.25, -0.2) is 14.3 Å². The average Bonchev–Trinajstić information content (AvgIpc) is 2.67. The maximum atomic E-state index is 11.7. The number of aryl methyl sites for hydroxylation is 1. The van der Waals surface area contributed by atoms with Gasteiger partial charge >= 0.3 is 5.69 Å². The van der Waals surface area contributed by atoms with Crippen molar-refractivity contribution in [1.29, 1.82) is 0 Å². The number of aromatic nitrogens is 4. The molecule has 0 radical (unpaired) electrons. The molecule has 5 nitrogen and oxygen atoms in total. The number of fused-ring (bicyclic) bond motifs is 1. The van der Waals surface area contributed by atoms with Crippen molar-refractivity contribution in [2.24, 2.45) is 7.05 Å². The third-order valence-electron chi connectivity index (χ3n) is 2.73. The number of halogens is 1. The predicted molar refractivity (Wildman–Crippen MR) is 71.8 cm³/mol. The standard InChI is InChI=1S/C12H9BrN4O/c1-16-10-7-8(13)3-4-9(10)11(15-16)17-6-2-5-14-12(17)18/h2-7H,1H3. The summed E-state index contributed by atoms with van der Waals surface area (Å²) in [5.74, 6) is 0.595. The lowest BCUT2D eigenvalue weighted by atomic mass is 10.2. The normalized spacial score (nSPS) is 11.0. The van der Waals surface area contributed by atoms with Gasteiger partial charge in [0.15, 0.2) is 5.82 Å². The second-order valence-electron chi connectivity index (χ2n) is 3.88. The van der Waals surface area contributed by atoms with E-state index in [2.05, 4.69) is 26.0 Å². The highest BCUT2D eigenvalue weighted by atomic mass is 79.9. The van der Waals surface area contributed by atoms with E-state index >= 15 is 0 Å². The molecule has 3 rings (SSSR count). The minimum Gasteiger partial charge on any atom is -0.266 e. The Balaban J connectivity index is 2.38. The van der Waals surface area contributed by atoms with Gasteiger partial charge in [0.25, 0.3) is 0 Å². The lowest BCUT2D eigenvalue weighted by Crippen LogP contribution is -2.20. The van der Waals surface area contributed by atoms with Crippen LogP contribution in [0.4, 0.5) is 0 Å². The van der Waals surface area contributed by atoms with E-state index in [1.54, 1.807) is 16.9 Å². The summed E-state index contributed by atoms with van der Waals surface area (Å²) >= 11 is 3.42. The quantitative estimate of drug-likeness (QED) is 0.690. The van der Waals surface area contributed by atoms with Crippen LogP contribution in [0.2, 0.25) is 0 Å². The Morgan fingerprint density at radius 1 is 1.33 bits per heavy atom. The zero-order chi connectivity index (χ0) is 12.7. The van der Waals surface area contributed by atoms with Gasteiger partial charge in [-0.05, 0) is 24.3 Å². The minimum atomic E-state index is -0.333. The molecule has 0 saturated carbocycles. The number of hydrogen-bond acceptors (Lipinski definition) is 3. The van der Waals surface area contributed by atoms with E-state index in [-0.39, 0.29) is 5.69 Å². The van der Waals surface area contributed by atoms with Crippen LogP contribution in [0.3, 0.4) is 0 Å². The van der Waals surface area contributed by atoms with E-state index < -0.39 is 0 Å². The number of nitrogens with zero attached hydrogens (tertiary/aromatic N) is 4. The van der Waals surface area contributed by atoms with Gasteiger partial charge in [0, 0.05) is 29.3 Å². The van der Waals surface area contributed by atoms with Gasteiger partial charge in [-0.15, -0.1) is 0 Å². The zero-order valence-corrected chi connectivity index (χ0v) is 11.1. The molecule has 0 atom stereocenters. The summed E-state index contributed by atoms with van der Waals surface area (Å²) in [5, 5.41) is 5.29. The fourth-order valence-electron chi connectivity index (χ4n) is 1.91. The molecule has 0 aliphatic heterocycles. The van der Waals surface area contributed by atoms with Crippen LogP contribution < -0.4 is 5.69 Å². The summed E-state index contributed by atoms with van der Waals surface area (Å²) in [6.07, 6.45) is 3.14. The molecular weight excluding hydrogens is 296 g/mol. The second kappa shape index (κ2) is 4.06. The molecule has 0 unspecified atom stereocenters. The Morgan fingerprint density at radius 3 is 2.94 bits per heavy atom. The van der Waals surface area contributed by atoms with Gasteiger partial charge in [-0.1, -0.05) is 15.9 Å². The van der Waals surface area contributed by atoms with Crippen LogP contribution in [-0.2, 0) is 7.05 Å². The van der Waals surface area contributed by atoms with Crippen LogP contribution in [-0.4, -0.2) is 19.3 Å². The van der Waals surface area contributed by atoms with E-state index in [1.807, 2.05) is 25.2 Å². The van der Waals surface area contributed by atoms with Gasteiger partial charge in [0.1, 0.15) is 0 Å². The molecule has 0 N–H and O–H groups in total. The smallest absolute Gasteiger partial charge is 0.266 e. The van der Waals surface area contributed by atoms with Crippen molar-refractivity contribution >= 4 is 26.8 Å². The van der Waals surface area contributed by atoms with Crippen LogP contribution in [0.1, 0.15) is 0 Å². The first-order valence-corrected chi connectivity index (χ1v) is 6.12. The molecule has 90 valence electrons. The fourth-order valence-corrected chi connectivity index (χ4v) is 2.26. The second-order valence-corrected chi connectivity index (χ2v) is 4.80. The SMILES string of the molecule is Cn1nc(-n2cccnc2=O)c2ccc(Br)cc21. The molecule has 0 aliphatic rings. The maximum Gasteiger partial charge on any atom is 0.353 e. The molecule has 0 amide bonds. The highest BCUT2D eigenvalue weighted by molar-refractivity contribution is 9.10. The molecule has 1 aromatic carbocycles. The predicted octanol–water partition coefficient (Wildman–Crippen LogP) is 1.88. The van der Waals surface area contributed by atoms with Gasteiger partial charge in [0.2, 0.25) is 0 Å².